The minimum absolute atomic E-state index is 0.0128. The molecule has 10 heteroatoms. The van der Waals surface area contributed by atoms with Gasteiger partial charge in [0.15, 0.2) is 11.5 Å². The third-order valence-corrected chi connectivity index (χ3v) is 7.11. The number of hydrogen-bond acceptors (Lipinski definition) is 9. The SMILES string of the molecule is Cc1nc(-c2ccc3c(c2)CCN3C(=O)CSc2nnc(-c3ccc4c(c3)OCO4)o2)cs1. The summed E-state index contributed by atoms with van der Waals surface area (Å²) in [4.78, 5) is 19.3. The van der Waals surface area contributed by atoms with E-state index in [2.05, 4.69) is 26.6 Å². The molecule has 33 heavy (non-hydrogen) atoms. The van der Waals surface area contributed by atoms with Gasteiger partial charge in [0.2, 0.25) is 18.6 Å². The normalized spacial score (nSPS) is 14.0. The molecule has 2 aliphatic rings. The molecule has 6 rings (SSSR count). The highest BCUT2D eigenvalue weighted by atomic mass is 32.2. The van der Waals surface area contributed by atoms with Crippen LogP contribution in [0, 0.1) is 6.92 Å². The van der Waals surface area contributed by atoms with Crippen LogP contribution in [0.1, 0.15) is 10.6 Å². The topological polar surface area (TPSA) is 90.6 Å². The molecular weight excluding hydrogens is 460 g/mol. The highest BCUT2D eigenvalue weighted by Crippen LogP contribution is 2.36. The van der Waals surface area contributed by atoms with Gasteiger partial charge in [0.25, 0.3) is 5.22 Å². The number of hydrogen-bond donors (Lipinski definition) is 0. The van der Waals surface area contributed by atoms with E-state index in [1.807, 2.05) is 36.1 Å². The molecule has 2 aromatic heterocycles. The van der Waals surface area contributed by atoms with Crippen LogP contribution < -0.4 is 14.4 Å². The van der Waals surface area contributed by atoms with Gasteiger partial charge in [-0.1, -0.05) is 17.8 Å². The molecule has 0 fully saturated rings. The first-order valence-electron chi connectivity index (χ1n) is 10.4. The molecule has 4 aromatic rings. The first-order chi connectivity index (χ1) is 16.1. The Kier molecular flexibility index (Phi) is 5.03. The van der Waals surface area contributed by atoms with E-state index in [0.29, 0.717) is 29.2 Å². The molecule has 2 aliphatic heterocycles. The Labute approximate surface area is 197 Å². The number of benzene rings is 2. The molecule has 0 unspecified atom stereocenters. The van der Waals surface area contributed by atoms with Gasteiger partial charge < -0.3 is 18.8 Å². The summed E-state index contributed by atoms with van der Waals surface area (Å²) in [5.74, 6) is 1.95. The van der Waals surface area contributed by atoms with Gasteiger partial charge in [-0.05, 0) is 49.2 Å². The number of carbonyl (C=O) groups excluding carboxylic acids is 1. The van der Waals surface area contributed by atoms with Crippen LogP contribution in [-0.4, -0.2) is 40.2 Å². The third kappa shape index (κ3) is 3.85. The van der Waals surface area contributed by atoms with Crippen molar-refractivity contribution in [2.75, 3.05) is 24.0 Å². The van der Waals surface area contributed by atoms with Crippen LogP contribution in [0.3, 0.4) is 0 Å². The molecule has 0 saturated carbocycles. The van der Waals surface area contributed by atoms with Crippen molar-refractivity contribution in [1.29, 1.82) is 0 Å². The second-order valence-electron chi connectivity index (χ2n) is 7.62. The van der Waals surface area contributed by atoms with Crippen LogP contribution in [0.2, 0.25) is 0 Å². The van der Waals surface area contributed by atoms with E-state index >= 15 is 0 Å². The Hall–Kier alpha value is -3.37. The number of thioether (sulfide) groups is 1. The molecule has 0 aliphatic carbocycles. The van der Waals surface area contributed by atoms with Gasteiger partial charge in [-0.15, -0.1) is 21.5 Å². The van der Waals surface area contributed by atoms with E-state index in [0.717, 1.165) is 33.9 Å². The first-order valence-corrected chi connectivity index (χ1v) is 12.2. The molecular formula is C23H18N4O4S2. The maximum atomic E-state index is 12.9. The lowest BCUT2D eigenvalue weighted by Crippen LogP contribution is -2.30. The third-order valence-electron chi connectivity index (χ3n) is 5.54. The zero-order valence-corrected chi connectivity index (χ0v) is 19.2. The van der Waals surface area contributed by atoms with Crippen molar-refractivity contribution < 1.29 is 18.7 Å². The average molecular weight is 479 g/mol. The van der Waals surface area contributed by atoms with Crippen LogP contribution >= 0.6 is 23.1 Å². The van der Waals surface area contributed by atoms with Gasteiger partial charge >= 0.3 is 0 Å². The molecule has 0 bridgehead atoms. The molecule has 0 saturated heterocycles. The van der Waals surface area contributed by atoms with Crippen molar-refractivity contribution in [3.63, 3.8) is 0 Å². The number of carbonyl (C=O) groups is 1. The fraction of sp³-hybridized carbons (Fsp3) is 0.217. The second-order valence-corrected chi connectivity index (χ2v) is 9.61. The van der Waals surface area contributed by atoms with Crippen LogP contribution in [0.4, 0.5) is 5.69 Å². The summed E-state index contributed by atoms with van der Waals surface area (Å²) in [5.41, 5.74) is 4.94. The van der Waals surface area contributed by atoms with E-state index in [4.69, 9.17) is 13.9 Å². The molecule has 8 nitrogen and oxygen atoms in total. The molecule has 0 radical (unpaired) electrons. The van der Waals surface area contributed by atoms with Gasteiger partial charge in [-0.25, -0.2) is 4.98 Å². The molecule has 166 valence electrons. The van der Waals surface area contributed by atoms with Gasteiger partial charge in [-0.3, -0.25) is 4.79 Å². The largest absolute Gasteiger partial charge is 0.454 e. The Bertz CT molecular complexity index is 1370. The number of anilines is 1. The summed E-state index contributed by atoms with van der Waals surface area (Å²) in [6.45, 7) is 2.87. The number of thiazole rings is 1. The fourth-order valence-corrected chi connectivity index (χ4v) is 5.19. The van der Waals surface area contributed by atoms with Gasteiger partial charge in [0, 0.05) is 28.7 Å². The molecule has 0 atom stereocenters. The van der Waals surface area contributed by atoms with Crippen LogP contribution in [0.15, 0.2) is 51.4 Å². The van der Waals surface area contributed by atoms with Crippen molar-refractivity contribution >= 4 is 34.7 Å². The predicted octanol–water partition coefficient (Wildman–Crippen LogP) is 4.58. The number of rotatable bonds is 5. The smallest absolute Gasteiger partial charge is 0.277 e. The quantitative estimate of drug-likeness (QED) is 0.385. The van der Waals surface area contributed by atoms with E-state index < -0.39 is 0 Å². The maximum Gasteiger partial charge on any atom is 0.277 e. The van der Waals surface area contributed by atoms with E-state index in [9.17, 15) is 4.79 Å². The van der Waals surface area contributed by atoms with Crippen molar-refractivity contribution in [1.82, 2.24) is 15.2 Å². The Morgan fingerprint density at radius 1 is 1.12 bits per heavy atom. The lowest BCUT2D eigenvalue weighted by molar-refractivity contribution is -0.116. The van der Waals surface area contributed by atoms with Gasteiger partial charge in [0.1, 0.15) is 0 Å². The zero-order chi connectivity index (χ0) is 22.4. The fourth-order valence-electron chi connectivity index (χ4n) is 3.93. The minimum Gasteiger partial charge on any atom is -0.454 e. The van der Waals surface area contributed by atoms with Gasteiger partial charge in [0.05, 0.1) is 16.5 Å². The monoisotopic (exact) mass is 478 g/mol. The van der Waals surface area contributed by atoms with E-state index in [1.165, 1.54) is 17.3 Å². The summed E-state index contributed by atoms with van der Waals surface area (Å²) in [5, 5.41) is 11.6. The first kappa shape index (κ1) is 20.3. The Balaban J connectivity index is 1.12. The van der Waals surface area contributed by atoms with Crippen LogP contribution in [-0.2, 0) is 11.2 Å². The average Bonchev–Trinajstić information content (AvgIpc) is 3.62. The number of aromatic nitrogens is 3. The van der Waals surface area contributed by atoms with E-state index in [1.54, 1.807) is 17.4 Å². The highest BCUT2D eigenvalue weighted by Gasteiger charge is 2.26. The lowest BCUT2D eigenvalue weighted by Gasteiger charge is -2.16. The molecule has 0 spiro atoms. The number of fused-ring (bicyclic) bond motifs is 2. The number of amides is 1. The number of aryl methyl sites for hydroxylation is 1. The Morgan fingerprint density at radius 3 is 2.88 bits per heavy atom. The van der Waals surface area contributed by atoms with Crippen molar-refractivity contribution in [2.24, 2.45) is 0 Å². The maximum absolute atomic E-state index is 12.9. The molecule has 1 amide bonds. The van der Waals surface area contributed by atoms with Crippen molar-refractivity contribution in [3.8, 4) is 34.2 Å². The summed E-state index contributed by atoms with van der Waals surface area (Å²) in [6, 6.07) is 11.6. The lowest BCUT2D eigenvalue weighted by atomic mass is 10.1. The predicted molar refractivity (Wildman–Crippen MR) is 125 cm³/mol. The molecule has 4 heterocycles. The van der Waals surface area contributed by atoms with Crippen molar-refractivity contribution in [3.05, 3.63) is 52.3 Å². The highest BCUT2D eigenvalue weighted by molar-refractivity contribution is 7.99. The number of nitrogens with zero attached hydrogens (tertiary/aromatic N) is 4. The zero-order valence-electron chi connectivity index (χ0n) is 17.6. The van der Waals surface area contributed by atoms with Crippen LogP contribution in [0.25, 0.3) is 22.7 Å². The molecule has 0 N–H and O–H groups in total. The van der Waals surface area contributed by atoms with Crippen LogP contribution in [0.5, 0.6) is 11.5 Å². The van der Waals surface area contributed by atoms with Gasteiger partial charge in [-0.2, -0.15) is 0 Å². The van der Waals surface area contributed by atoms with E-state index in [-0.39, 0.29) is 18.5 Å². The Morgan fingerprint density at radius 2 is 2.00 bits per heavy atom. The summed E-state index contributed by atoms with van der Waals surface area (Å²) in [6.07, 6.45) is 0.831. The standard InChI is InChI=1S/C23H18N4O4S2/c1-13-24-17(10-32-13)14-2-4-18-15(8-14)6-7-27(18)21(28)11-33-23-26-25-22(31-23)16-3-5-19-20(9-16)30-12-29-19/h2-5,8-10H,6-7,11-12H2,1H3. The minimum atomic E-state index is 0.0128. The molecule has 2 aromatic carbocycles. The second kappa shape index (κ2) is 8.20. The summed E-state index contributed by atoms with van der Waals surface area (Å²) in [7, 11) is 0. The summed E-state index contributed by atoms with van der Waals surface area (Å²) >= 11 is 2.88. The summed E-state index contributed by atoms with van der Waals surface area (Å²) < 4.78 is 16.5. The van der Waals surface area contributed by atoms with Crippen molar-refractivity contribution in [2.45, 2.75) is 18.6 Å². The number of ether oxygens (including phenoxy) is 2.